The van der Waals surface area contributed by atoms with E-state index in [0.29, 0.717) is 29.3 Å². The predicted molar refractivity (Wildman–Crippen MR) is 105 cm³/mol. The van der Waals surface area contributed by atoms with Gasteiger partial charge in [0.15, 0.2) is 6.10 Å². The number of carbonyl (C=O) groups excluding carboxylic acids is 2. The Bertz CT molecular complexity index is 851. The number of fused-ring (bicyclic) bond motifs is 1. The van der Waals surface area contributed by atoms with E-state index < -0.39 is 6.10 Å². The maximum Gasteiger partial charge on any atom is 0.265 e. The fraction of sp³-hybridized carbons (Fsp3) is 0.300. The van der Waals surface area contributed by atoms with E-state index in [2.05, 4.69) is 42.7 Å². The van der Waals surface area contributed by atoms with Crippen molar-refractivity contribution in [2.45, 2.75) is 38.2 Å². The van der Waals surface area contributed by atoms with Crippen molar-refractivity contribution in [3.8, 4) is 5.75 Å². The summed E-state index contributed by atoms with van der Waals surface area (Å²) < 4.78 is 5.51. The van der Waals surface area contributed by atoms with Gasteiger partial charge in [-0.1, -0.05) is 6.07 Å². The fourth-order valence-corrected chi connectivity index (χ4v) is 3.52. The van der Waals surface area contributed by atoms with Crippen LogP contribution in [0.2, 0.25) is 0 Å². The van der Waals surface area contributed by atoms with Gasteiger partial charge in [-0.05, 0) is 62.2 Å². The molecule has 0 aromatic heterocycles. The predicted octanol–water partition coefficient (Wildman–Crippen LogP) is 4.14. The maximum absolute atomic E-state index is 12.2. The third kappa shape index (κ3) is 4.38. The van der Waals surface area contributed by atoms with Crippen molar-refractivity contribution in [2.75, 3.05) is 16.4 Å². The first-order valence-electron chi connectivity index (χ1n) is 8.54. The number of benzene rings is 2. The highest BCUT2D eigenvalue weighted by molar-refractivity contribution is 7.99. The van der Waals surface area contributed by atoms with Gasteiger partial charge in [0.1, 0.15) is 5.75 Å². The second kappa shape index (κ2) is 7.83. The molecule has 2 amide bonds. The van der Waals surface area contributed by atoms with Crippen LogP contribution in [-0.2, 0) is 9.59 Å². The minimum Gasteiger partial charge on any atom is -0.479 e. The zero-order valence-electron chi connectivity index (χ0n) is 15.1. The second-order valence-electron chi connectivity index (χ2n) is 6.35. The summed E-state index contributed by atoms with van der Waals surface area (Å²) in [5.74, 6) is 1.07. The van der Waals surface area contributed by atoms with Gasteiger partial charge in [-0.15, -0.1) is 11.8 Å². The lowest BCUT2D eigenvalue weighted by Crippen LogP contribution is -2.34. The molecule has 2 N–H and O–H groups in total. The molecule has 3 rings (SSSR count). The Hall–Kier alpha value is -2.47. The van der Waals surface area contributed by atoms with Gasteiger partial charge in [0.2, 0.25) is 5.91 Å². The first kappa shape index (κ1) is 18.3. The number of thioether (sulfide) groups is 1. The third-order valence-electron chi connectivity index (χ3n) is 4.27. The van der Waals surface area contributed by atoms with Crippen LogP contribution < -0.4 is 15.4 Å². The fourth-order valence-electron chi connectivity index (χ4n) is 2.58. The first-order valence-corrected chi connectivity index (χ1v) is 9.52. The minimum absolute atomic E-state index is 0.0577. The van der Waals surface area contributed by atoms with E-state index in [0.717, 1.165) is 0 Å². The van der Waals surface area contributed by atoms with Gasteiger partial charge in [-0.2, -0.15) is 0 Å². The van der Waals surface area contributed by atoms with Crippen molar-refractivity contribution < 1.29 is 14.3 Å². The number of hydrogen-bond acceptors (Lipinski definition) is 4. The molecule has 0 bridgehead atoms. The lowest BCUT2D eigenvalue weighted by molar-refractivity contribution is -0.122. The molecule has 0 saturated carbocycles. The Morgan fingerprint density at radius 1 is 1.19 bits per heavy atom. The quantitative estimate of drug-likeness (QED) is 0.776. The van der Waals surface area contributed by atoms with Crippen LogP contribution in [0, 0.1) is 13.8 Å². The van der Waals surface area contributed by atoms with E-state index in [1.807, 2.05) is 0 Å². The standard InChI is InChI=1S/C20H22N2O3S/c1-12-4-6-16(10-13(12)2)26-9-8-19(23)21-15-5-7-18-17(11-15)22-20(24)14(3)25-18/h4-7,10-11,14H,8-9H2,1-3H3,(H,21,23)(H,22,24). The summed E-state index contributed by atoms with van der Waals surface area (Å²) in [7, 11) is 0. The zero-order chi connectivity index (χ0) is 18.7. The summed E-state index contributed by atoms with van der Waals surface area (Å²) >= 11 is 1.67. The zero-order valence-corrected chi connectivity index (χ0v) is 15.9. The Morgan fingerprint density at radius 3 is 2.77 bits per heavy atom. The average Bonchev–Trinajstić information content (AvgIpc) is 2.59. The normalized spacial score (nSPS) is 15.7. The van der Waals surface area contributed by atoms with E-state index >= 15 is 0 Å². The van der Waals surface area contributed by atoms with Crippen molar-refractivity contribution in [2.24, 2.45) is 0 Å². The molecule has 5 nitrogen and oxygen atoms in total. The SMILES string of the molecule is Cc1ccc(SCCC(=O)Nc2ccc3c(c2)NC(=O)C(C)O3)cc1C. The molecule has 0 aliphatic carbocycles. The van der Waals surface area contributed by atoms with Crippen molar-refractivity contribution in [3.63, 3.8) is 0 Å². The molecule has 1 aliphatic heterocycles. The van der Waals surface area contributed by atoms with Gasteiger partial charge < -0.3 is 15.4 Å². The molecule has 0 radical (unpaired) electrons. The van der Waals surface area contributed by atoms with E-state index in [-0.39, 0.29) is 11.8 Å². The van der Waals surface area contributed by atoms with Gasteiger partial charge in [0, 0.05) is 22.8 Å². The first-order chi connectivity index (χ1) is 12.4. The molecule has 26 heavy (non-hydrogen) atoms. The lowest BCUT2D eigenvalue weighted by atomic mass is 10.1. The number of nitrogens with one attached hydrogen (secondary N) is 2. The summed E-state index contributed by atoms with van der Waals surface area (Å²) in [5, 5.41) is 5.64. The summed E-state index contributed by atoms with van der Waals surface area (Å²) in [6.07, 6.45) is -0.0976. The maximum atomic E-state index is 12.2. The van der Waals surface area contributed by atoms with Gasteiger partial charge >= 0.3 is 0 Å². The van der Waals surface area contributed by atoms with Crippen LogP contribution in [0.5, 0.6) is 5.75 Å². The molecule has 2 aromatic carbocycles. The Balaban J connectivity index is 1.53. The van der Waals surface area contributed by atoms with Crippen LogP contribution in [-0.4, -0.2) is 23.7 Å². The Labute approximate surface area is 157 Å². The molecule has 1 atom stereocenters. The molecule has 1 heterocycles. The topological polar surface area (TPSA) is 67.4 Å². The average molecular weight is 370 g/mol. The molecule has 0 saturated heterocycles. The molecule has 0 fully saturated rings. The van der Waals surface area contributed by atoms with Gasteiger partial charge in [0.05, 0.1) is 5.69 Å². The molecule has 6 heteroatoms. The number of aryl methyl sites for hydroxylation is 2. The molecule has 0 spiro atoms. The van der Waals surface area contributed by atoms with Crippen LogP contribution in [0.4, 0.5) is 11.4 Å². The van der Waals surface area contributed by atoms with E-state index in [9.17, 15) is 9.59 Å². The van der Waals surface area contributed by atoms with Gasteiger partial charge in [0.25, 0.3) is 5.91 Å². The summed E-state index contributed by atoms with van der Waals surface area (Å²) in [5.41, 5.74) is 3.75. The molecule has 136 valence electrons. The van der Waals surface area contributed by atoms with Crippen molar-refractivity contribution in [1.29, 1.82) is 0 Å². The minimum atomic E-state index is -0.509. The molecule has 2 aromatic rings. The van der Waals surface area contributed by atoms with Crippen molar-refractivity contribution in [3.05, 3.63) is 47.5 Å². The Morgan fingerprint density at radius 2 is 2.00 bits per heavy atom. The largest absolute Gasteiger partial charge is 0.479 e. The van der Waals surface area contributed by atoms with E-state index in [1.54, 1.807) is 36.9 Å². The van der Waals surface area contributed by atoms with Gasteiger partial charge in [-0.3, -0.25) is 9.59 Å². The van der Waals surface area contributed by atoms with Crippen LogP contribution in [0.15, 0.2) is 41.3 Å². The summed E-state index contributed by atoms with van der Waals surface area (Å²) in [4.78, 5) is 25.0. The summed E-state index contributed by atoms with van der Waals surface area (Å²) in [6, 6.07) is 11.6. The third-order valence-corrected chi connectivity index (χ3v) is 5.27. The smallest absolute Gasteiger partial charge is 0.265 e. The highest BCUT2D eigenvalue weighted by Gasteiger charge is 2.23. The monoisotopic (exact) mass is 370 g/mol. The number of hydrogen-bond donors (Lipinski definition) is 2. The van der Waals surface area contributed by atoms with E-state index in [1.165, 1.54) is 16.0 Å². The lowest BCUT2D eigenvalue weighted by Gasteiger charge is -2.23. The van der Waals surface area contributed by atoms with Crippen LogP contribution in [0.3, 0.4) is 0 Å². The number of carbonyl (C=O) groups is 2. The van der Waals surface area contributed by atoms with Crippen molar-refractivity contribution >= 4 is 35.0 Å². The van der Waals surface area contributed by atoms with Crippen LogP contribution in [0.25, 0.3) is 0 Å². The number of ether oxygens (including phenoxy) is 1. The number of anilines is 2. The van der Waals surface area contributed by atoms with Crippen molar-refractivity contribution in [1.82, 2.24) is 0 Å². The molecule has 1 aliphatic rings. The van der Waals surface area contributed by atoms with Crippen LogP contribution >= 0.6 is 11.8 Å². The second-order valence-corrected chi connectivity index (χ2v) is 7.52. The highest BCUT2D eigenvalue weighted by Crippen LogP contribution is 2.32. The number of rotatable bonds is 5. The molecular weight excluding hydrogens is 348 g/mol. The molecule has 1 unspecified atom stereocenters. The molecular formula is C20H22N2O3S. The number of amides is 2. The highest BCUT2D eigenvalue weighted by atomic mass is 32.2. The van der Waals surface area contributed by atoms with E-state index in [4.69, 9.17) is 4.74 Å². The Kier molecular flexibility index (Phi) is 5.52. The summed E-state index contributed by atoms with van der Waals surface area (Å²) in [6.45, 7) is 5.87. The van der Waals surface area contributed by atoms with Crippen LogP contribution in [0.1, 0.15) is 24.5 Å². The van der Waals surface area contributed by atoms with Gasteiger partial charge in [-0.25, -0.2) is 0 Å².